The number of rotatable bonds is 6. The zero-order valence-corrected chi connectivity index (χ0v) is 19.4. The number of hydrogen-bond donors (Lipinski definition) is 1. The molecule has 0 spiro atoms. The van der Waals surface area contributed by atoms with Crippen LogP contribution >= 0.6 is 23.2 Å². The van der Waals surface area contributed by atoms with E-state index in [0.29, 0.717) is 5.02 Å². The van der Waals surface area contributed by atoms with Gasteiger partial charge in [-0.15, -0.1) is 0 Å². The number of aromatic hydroxyl groups is 1. The standard InChI is InChI=1S/C24H16Cl2F4N2O3/c1-32-21(17-8-6-15(11-20(17)33)34-12-13-2-4-14(25)5-3-13)22(23(31-32)24(28,29)30)35-16-7-9-18(26)19(27)10-16/h2-11,33H,12H2,1H3. The van der Waals surface area contributed by atoms with Crippen LogP contribution < -0.4 is 9.47 Å². The van der Waals surface area contributed by atoms with Crippen LogP contribution in [0, 0.1) is 5.82 Å². The Hall–Kier alpha value is -3.43. The Kier molecular flexibility index (Phi) is 6.82. The van der Waals surface area contributed by atoms with Crippen LogP contribution in [0.5, 0.6) is 23.0 Å². The van der Waals surface area contributed by atoms with Gasteiger partial charge in [0.2, 0.25) is 5.69 Å². The van der Waals surface area contributed by atoms with Gasteiger partial charge in [0.15, 0.2) is 5.75 Å². The molecule has 0 atom stereocenters. The molecule has 11 heteroatoms. The molecule has 4 rings (SSSR count). The van der Waals surface area contributed by atoms with Crippen LogP contribution in [0.25, 0.3) is 11.3 Å². The minimum absolute atomic E-state index is 0.00113. The van der Waals surface area contributed by atoms with Crippen molar-refractivity contribution in [3.05, 3.63) is 87.8 Å². The van der Waals surface area contributed by atoms with Gasteiger partial charge in [-0.3, -0.25) is 4.68 Å². The van der Waals surface area contributed by atoms with E-state index in [0.717, 1.165) is 22.4 Å². The first-order valence-corrected chi connectivity index (χ1v) is 10.8. The highest BCUT2D eigenvalue weighted by molar-refractivity contribution is 6.30. The van der Waals surface area contributed by atoms with E-state index >= 15 is 0 Å². The van der Waals surface area contributed by atoms with E-state index in [1.165, 1.54) is 31.3 Å². The molecule has 5 nitrogen and oxygen atoms in total. The monoisotopic (exact) mass is 526 g/mol. The first-order chi connectivity index (χ1) is 16.5. The van der Waals surface area contributed by atoms with Gasteiger partial charge in [-0.05, 0) is 42.0 Å². The molecule has 1 N–H and O–H groups in total. The van der Waals surface area contributed by atoms with E-state index in [2.05, 4.69) is 5.10 Å². The number of benzene rings is 3. The Morgan fingerprint density at radius 1 is 0.971 bits per heavy atom. The van der Waals surface area contributed by atoms with Crippen LogP contribution in [0.3, 0.4) is 0 Å². The summed E-state index contributed by atoms with van der Waals surface area (Å²) < 4.78 is 67.0. The Morgan fingerprint density at radius 2 is 1.66 bits per heavy atom. The third kappa shape index (κ3) is 5.47. The smallest absolute Gasteiger partial charge is 0.438 e. The van der Waals surface area contributed by atoms with Crippen molar-refractivity contribution in [3.8, 4) is 34.3 Å². The van der Waals surface area contributed by atoms with E-state index in [-0.39, 0.29) is 40.1 Å². The van der Waals surface area contributed by atoms with Gasteiger partial charge in [0.1, 0.15) is 35.4 Å². The van der Waals surface area contributed by atoms with Crippen molar-refractivity contribution in [2.75, 3.05) is 0 Å². The van der Waals surface area contributed by atoms with Gasteiger partial charge in [-0.1, -0.05) is 35.3 Å². The first-order valence-electron chi connectivity index (χ1n) is 10.0. The molecule has 0 bridgehead atoms. The fourth-order valence-corrected chi connectivity index (χ4v) is 3.53. The third-order valence-corrected chi connectivity index (χ3v) is 5.48. The fourth-order valence-electron chi connectivity index (χ4n) is 3.29. The highest BCUT2D eigenvalue weighted by Gasteiger charge is 2.41. The van der Waals surface area contributed by atoms with Crippen LogP contribution in [0.4, 0.5) is 17.6 Å². The van der Waals surface area contributed by atoms with E-state index in [1.54, 1.807) is 24.3 Å². The molecule has 1 heterocycles. The first kappa shape index (κ1) is 24.7. The van der Waals surface area contributed by atoms with E-state index in [4.69, 9.17) is 32.7 Å². The summed E-state index contributed by atoms with van der Waals surface area (Å²) in [6, 6.07) is 14.3. The molecule has 4 aromatic rings. The number of aromatic nitrogens is 2. The number of nitrogens with zero attached hydrogens (tertiary/aromatic N) is 2. The van der Waals surface area contributed by atoms with Crippen molar-refractivity contribution in [1.29, 1.82) is 0 Å². The number of halogens is 6. The van der Waals surface area contributed by atoms with Crippen molar-refractivity contribution in [2.24, 2.45) is 7.05 Å². The quantitative estimate of drug-likeness (QED) is 0.262. The molecule has 0 saturated heterocycles. The molecule has 0 unspecified atom stereocenters. The summed E-state index contributed by atoms with van der Waals surface area (Å²) in [5, 5.41) is 14.5. The highest BCUT2D eigenvalue weighted by atomic mass is 35.5. The number of hydrogen-bond acceptors (Lipinski definition) is 4. The van der Waals surface area contributed by atoms with E-state index in [9.17, 15) is 22.7 Å². The molecule has 0 fully saturated rings. The SMILES string of the molecule is Cn1nc(C(F)(F)F)c(Oc2ccc(Cl)c(F)c2)c1-c1ccc(OCc2ccc(Cl)cc2)cc1O. The molecular weight excluding hydrogens is 511 g/mol. The van der Waals surface area contributed by atoms with Gasteiger partial charge in [0.05, 0.1) is 5.02 Å². The van der Waals surface area contributed by atoms with Gasteiger partial charge in [-0.2, -0.15) is 18.3 Å². The predicted octanol–water partition coefficient (Wildman–Crippen LogP) is 7.63. The molecule has 0 radical (unpaired) electrons. The second-order valence-corrected chi connectivity index (χ2v) is 8.26. The normalized spacial score (nSPS) is 11.5. The average Bonchev–Trinajstić information content (AvgIpc) is 3.12. The number of phenolic OH excluding ortho intramolecular Hbond substituents is 1. The number of ether oxygens (including phenoxy) is 2. The zero-order chi connectivity index (χ0) is 25.3. The molecule has 1 aromatic heterocycles. The number of aryl methyl sites for hydroxylation is 1. The second-order valence-electron chi connectivity index (χ2n) is 7.42. The highest BCUT2D eigenvalue weighted by Crippen LogP contribution is 2.46. The van der Waals surface area contributed by atoms with Gasteiger partial charge in [-0.25, -0.2) is 4.39 Å². The summed E-state index contributed by atoms with van der Waals surface area (Å²) in [4.78, 5) is 0. The summed E-state index contributed by atoms with van der Waals surface area (Å²) in [5.41, 5.74) is -0.689. The Labute approximate surface area is 207 Å². The fraction of sp³-hybridized carbons (Fsp3) is 0.125. The van der Waals surface area contributed by atoms with E-state index in [1.807, 2.05) is 0 Å². The lowest BCUT2D eigenvalue weighted by atomic mass is 10.1. The average molecular weight is 527 g/mol. The lowest BCUT2D eigenvalue weighted by molar-refractivity contribution is -0.142. The lowest BCUT2D eigenvalue weighted by Crippen LogP contribution is -2.08. The zero-order valence-electron chi connectivity index (χ0n) is 17.9. The van der Waals surface area contributed by atoms with Gasteiger partial charge in [0, 0.05) is 29.8 Å². The van der Waals surface area contributed by atoms with Crippen molar-refractivity contribution < 1.29 is 32.1 Å². The van der Waals surface area contributed by atoms with Crippen LogP contribution in [0.1, 0.15) is 11.3 Å². The second kappa shape index (κ2) is 9.67. The third-order valence-electron chi connectivity index (χ3n) is 4.93. The van der Waals surface area contributed by atoms with Crippen molar-refractivity contribution >= 4 is 23.2 Å². The molecule has 3 aromatic carbocycles. The molecule has 0 aliphatic rings. The van der Waals surface area contributed by atoms with Crippen LogP contribution in [0.15, 0.2) is 60.7 Å². The Balaban J connectivity index is 1.69. The van der Waals surface area contributed by atoms with Crippen molar-refractivity contribution in [3.63, 3.8) is 0 Å². The van der Waals surface area contributed by atoms with E-state index < -0.39 is 23.4 Å². The van der Waals surface area contributed by atoms with Crippen LogP contribution in [-0.4, -0.2) is 14.9 Å². The number of alkyl halides is 3. The Morgan fingerprint density at radius 3 is 2.29 bits per heavy atom. The Bertz CT molecular complexity index is 1370. The molecule has 0 aliphatic heterocycles. The minimum Gasteiger partial charge on any atom is -0.507 e. The van der Waals surface area contributed by atoms with Gasteiger partial charge in [0.25, 0.3) is 0 Å². The van der Waals surface area contributed by atoms with Crippen molar-refractivity contribution in [1.82, 2.24) is 9.78 Å². The largest absolute Gasteiger partial charge is 0.507 e. The summed E-state index contributed by atoms with van der Waals surface area (Å²) in [5.74, 6) is -1.89. The molecule has 35 heavy (non-hydrogen) atoms. The summed E-state index contributed by atoms with van der Waals surface area (Å²) in [6.07, 6.45) is -4.88. The molecular formula is C24H16Cl2F4N2O3. The summed E-state index contributed by atoms with van der Waals surface area (Å²) >= 11 is 11.5. The van der Waals surface area contributed by atoms with Gasteiger partial charge < -0.3 is 14.6 Å². The molecule has 0 saturated carbocycles. The molecule has 182 valence electrons. The van der Waals surface area contributed by atoms with Crippen LogP contribution in [0.2, 0.25) is 10.0 Å². The number of phenols is 1. The maximum absolute atomic E-state index is 13.9. The van der Waals surface area contributed by atoms with Crippen molar-refractivity contribution in [2.45, 2.75) is 12.8 Å². The summed E-state index contributed by atoms with van der Waals surface area (Å²) in [6.45, 7) is 0.177. The van der Waals surface area contributed by atoms with Gasteiger partial charge >= 0.3 is 6.18 Å². The van der Waals surface area contributed by atoms with Crippen LogP contribution in [-0.2, 0) is 19.8 Å². The molecule has 0 amide bonds. The maximum Gasteiger partial charge on any atom is 0.438 e. The predicted molar refractivity (Wildman–Crippen MR) is 123 cm³/mol. The topological polar surface area (TPSA) is 56.5 Å². The molecule has 0 aliphatic carbocycles. The lowest BCUT2D eigenvalue weighted by Gasteiger charge is -2.13. The minimum atomic E-state index is -4.88. The summed E-state index contributed by atoms with van der Waals surface area (Å²) in [7, 11) is 1.27. The maximum atomic E-state index is 13.9.